The number of hydrogen-bond donors (Lipinski definition) is 0. The van der Waals surface area contributed by atoms with E-state index in [-0.39, 0.29) is 5.85 Å². The molecule has 0 aromatic carbocycles. The lowest BCUT2D eigenvalue weighted by Crippen LogP contribution is -2.42. The second-order valence-electron chi connectivity index (χ2n) is 5.56. The molecule has 0 aliphatic carbocycles. The normalized spacial score (nSPS) is 15.5. The lowest BCUT2D eigenvalue weighted by molar-refractivity contribution is 0.271. The highest BCUT2D eigenvalue weighted by atomic mass is 31.2. The molecule has 0 bridgehead atoms. The van der Waals surface area contributed by atoms with Crippen LogP contribution in [0.5, 0.6) is 0 Å². The van der Waals surface area contributed by atoms with Crippen LogP contribution in [0.3, 0.4) is 0 Å². The summed E-state index contributed by atoms with van der Waals surface area (Å²) in [6.45, 7) is 8.55. The molecule has 0 fully saturated rings. The minimum absolute atomic E-state index is 0.344. The molecule has 120 valence electrons. The third kappa shape index (κ3) is 4.28. The summed E-state index contributed by atoms with van der Waals surface area (Å²) < 4.78 is 23.6. The van der Waals surface area contributed by atoms with E-state index in [4.69, 9.17) is 4.43 Å². The molecular formula is C14H33N2O2PSi. The maximum absolute atomic E-state index is 13.4. The van der Waals surface area contributed by atoms with Crippen molar-refractivity contribution < 1.29 is 8.99 Å². The molecule has 0 spiro atoms. The van der Waals surface area contributed by atoms with Crippen molar-refractivity contribution in [2.24, 2.45) is 0 Å². The molecule has 0 aliphatic rings. The fourth-order valence-electron chi connectivity index (χ4n) is 2.45. The first-order chi connectivity index (χ1) is 9.23. The van der Waals surface area contributed by atoms with Gasteiger partial charge in [-0.15, -0.1) is 0 Å². The molecule has 20 heavy (non-hydrogen) atoms. The number of nitrogens with zero attached hydrogens (tertiary/aromatic N) is 2. The summed E-state index contributed by atoms with van der Waals surface area (Å²) in [6, 6.07) is 3.19. The molecule has 4 nitrogen and oxygen atoms in total. The van der Waals surface area contributed by atoms with Gasteiger partial charge >= 0.3 is 0 Å². The molecule has 6 heteroatoms. The molecule has 0 heterocycles. The highest BCUT2D eigenvalue weighted by Gasteiger charge is 2.42. The monoisotopic (exact) mass is 320 g/mol. The fraction of sp³-hybridized carbons (Fsp3) is 0.857. The number of hydrogen-bond acceptors (Lipinski definition) is 2. The van der Waals surface area contributed by atoms with Crippen molar-refractivity contribution in [1.29, 1.82) is 0 Å². The van der Waals surface area contributed by atoms with Crippen molar-refractivity contribution in [3.63, 3.8) is 0 Å². The molecule has 0 radical (unpaired) electrons. The quantitative estimate of drug-likeness (QED) is 0.362. The SMILES string of the molecule is C/C=C/C(O[Si](CC)(CC)CC)P(=O)(N(C)C)N(C)C. The van der Waals surface area contributed by atoms with E-state index in [0.29, 0.717) is 0 Å². The Labute approximate surface area is 126 Å². The Hall–Kier alpha value is 0.0669. The first-order valence-electron chi connectivity index (χ1n) is 7.50. The van der Waals surface area contributed by atoms with E-state index in [1.807, 2.05) is 56.6 Å². The smallest absolute Gasteiger partial charge is 0.246 e. The number of rotatable bonds is 9. The van der Waals surface area contributed by atoms with Gasteiger partial charge in [-0.05, 0) is 53.2 Å². The van der Waals surface area contributed by atoms with Crippen molar-refractivity contribution in [2.45, 2.75) is 51.7 Å². The molecule has 1 unspecified atom stereocenters. The summed E-state index contributed by atoms with van der Waals surface area (Å²) >= 11 is 0. The Kier molecular flexibility index (Phi) is 8.52. The second-order valence-corrected chi connectivity index (χ2v) is 13.6. The van der Waals surface area contributed by atoms with Crippen LogP contribution in [0, 0.1) is 0 Å². The molecular weight excluding hydrogens is 287 g/mol. The van der Waals surface area contributed by atoms with Gasteiger partial charge in [-0.1, -0.05) is 32.9 Å². The van der Waals surface area contributed by atoms with Crippen LogP contribution in [0.25, 0.3) is 0 Å². The summed E-state index contributed by atoms with van der Waals surface area (Å²) in [7, 11) is 2.95. The topological polar surface area (TPSA) is 32.8 Å². The summed E-state index contributed by atoms with van der Waals surface area (Å²) in [5.41, 5.74) is 0. The molecule has 0 aromatic rings. The van der Waals surface area contributed by atoms with E-state index in [2.05, 4.69) is 20.8 Å². The molecule has 1 atom stereocenters. The Morgan fingerprint density at radius 3 is 1.70 bits per heavy atom. The van der Waals surface area contributed by atoms with Gasteiger partial charge < -0.3 is 4.43 Å². The first-order valence-corrected chi connectivity index (χ1v) is 11.7. The van der Waals surface area contributed by atoms with Crippen molar-refractivity contribution in [3.05, 3.63) is 12.2 Å². The van der Waals surface area contributed by atoms with Gasteiger partial charge in [0, 0.05) is 0 Å². The molecule has 0 amide bonds. The van der Waals surface area contributed by atoms with Crippen molar-refractivity contribution >= 4 is 15.8 Å². The van der Waals surface area contributed by atoms with Crippen LogP contribution < -0.4 is 0 Å². The van der Waals surface area contributed by atoms with E-state index < -0.39 is 15.8 Å². The molecule has 0 rings (SSSR count). The van der Waals surface area contributed by atoms with Gasteiger partial charge in [0.25, 0.3) is 0 Å². The second kappa shape index (κ2) is 8.50. The van der Waals surface area contributed by atoms with Gasteiger partial charge in [-0.2, -0.15) is 0 Å². The van der Waals surface area contributed by atoms with Crippen LogP contribution in [0.2, 0.25) is 18.1 Å². The molecule has 0 N–H and O–H groups in total. The van der Waals surface area contributed by atoms with Gasteiger partial charge in [-0.25, -0.2) is 9.34 Å². The lowest BCUT2D eigenvalue weighted by atomic mass is 10.6. The van der Waals surface area contributed by atoms with Crippen LogP contribution >= 0.6 is 7.44 Å². The van der Waals surface area contributed by atoms with Crippen LogP contribution in [0.4, 0.5) is 0 Å². The average molecular weight is 320 g/mol. The molecule has 0 saturated carbocycles. The fourth-order valence-corrected chi connectivity index (χ4v) is 8.29. The van der Waals surface area contributed by atoms with E-state index in [0.717, 1.165) is 18.1 Å². The third-order valence-corrected chi connectivity index (χ3v) is 12.2. The molecule has 0 aliphatic heterocycles. The predicted molar refractivity (Wildman–Crippen MR) is 91.9 cm³/mol. The van der Waals surface area contributed by atoms with Gasteiger partial charge in [0.1, 0.15) is 5.85 Å². The maximum atomic E-state index is 13.4. The van der Waals surface area contributed by atoms with Crippen LogP contribution in [0.15, 0.2) is 12.2 Å². The zero-order valence-electron chi connectivity index (χ0n) is 14.5. The van der Waals surface area contributed by atoms with E-state index >= 15 is 0 Å². The molecule has 0 saturated heterocycles. The summed E-state index contributed by atoms with van der Waals surface area (Å²) in [4.78, 5) is 0. The van der Waals surface area contributed by atoms with Crippen molar-refractivity contribution in [3.8, 4) is 0 Å². The van der Waals surface area contributed by atoms with Crippen LogP contribution in [-0.4, -0.2) is 51.7 Å². The maximum Gasteiger partial charge on any atom is 0.246 e. The van der Waals surface area contributed by atoms with Crippen LogP contribution in [-0.2, 0) is 8.99 Å². The Morgan fingerprint density at radius 2 is 1.45 bits per heavy atom. The molecule has 0 aromatic heterocycles. The van der Waals surface area contributed by atoms with Gasteiger partial charge in [-0.3, -0.25) is 4.57 Å². The highest BCUT2D eigenvalue weighted by Crippen LogP contribution is 2.56. The Morgan fingerprint density at radius 1 is 1.05 bits per heavy atom. The largest absolute Gasteiger partial charge is 0.402 e. The average Bonchev–Trinajstić information content (AvgIpc) is 2.42. The minimum atomic E-state index is -2.73. The Balaban J connectivity index is 5.60. The van der Waals surface area contributed by atoms with Crippen LogP contribution in [0.1, 0.15) is 27.7 Å². The Bertz CT molecular complexity index is 335. The van der Waals surface area contributed by atoms with Gasteiger partial charge in [0.05, 0.1) is 0 Å². The van der Waals surface area contributed by atoms with E-state index in [9.17, 15) is 4.57 Å². The minimum Gasteiger partial charge on any atom is -0.402 e. The first kappa shape index (κ1) is 20.1. The van der Waals surface area contributed by atoms with Gasteiger partial charge in [0.2, 0.25) is 7.44 Å². The lowest BCUT2D eigenvalue weighted by Gasteiger charge is -2.40. The summed E-state index contributed by atoms with van der Waals surface area (Å²) in [5.74, 6) is -0.344. The summed E-state index contributed by atoms with van der Waals surface area (Å²) in [6.07, 6.45) is 3.91. The summed E-state index contributed by atoms with van der Waals surface area (Å²) in [5, 5.41) is 0. The zero-order valence-corrected chi connectivity index (χ0v) is 16.4. The van der Waals surface area contributed by atoms with Gasteiger partial charge in [0.15, 0.2) is 8.32 Å². The highest BCUT2D eigenvalue weighted by molar-refractivity contribution is 7.59. The third-order valence-electron chi connectivity index (χ3n) is 4.14. The number of allylic oxidation sites excluding steroid dienone is 1. The standard InChI is InChI=1S/C14H33N2O2PSi/c1-9-13-14(18-20(10-2,11-3)12-4)19(17,15(5)6)16(7)8/h9,13-14H,10-12H2,1-8H3/b13-9+. The zero-order chi connectivity index (χ0) is 16.0. The van der Waals surface area contributed by atoms with E-state index in [1.54, 1.807) is 0 Å². The van der Waals surface area contributed by atoms with Crippen molar-refractivity contribution in [2.75, 3.05) is 28.2 Å². The van der Waals surface area contributed by atoms with Crippen molar-refractivity contribution in [1.82, 2.24) is 9.34 Å². The predicted octanol–water partition coefficient (Wildman–Crippen LogP) is 4.23. The van der Waals surface area contributed by atoms with E-state index in [1.165, 1.54) is 0 Å².